The molecule has 0 spiro atoms. The fourth-order valence-electron chi connectivity index (χ4n) is 2.37. The van der Waals surface area contributed by atoms with Gasteiger partial charge < -0.3 is 9.64 Å². The molecule has 0 saturated carbocycles. The molecule has 0 N–H and O–H groups in total. The lowest BCUT2D eigenvalue weighted by molar-refractivity contribution is -0.0453. The van der Waals surface area contributed by atoms with E-state index in [0.717, 1.165) is 45.9 Å². The third kappa shape index (κ3) is 3.13. The van der Waals surface area contributed by atoms with Gasteiger partial charge in [0.1, 0.15) is 0 Å². The van der Waals surface area contributed by atoms with Crippen LogP contribution in [-0.2, 0) is 4.74 Å². The Kier molecular flexibility index (Phi) is 3.94. The van der Waals surface area contributed by atoms with E-state index in [-0.39, 0.29) is 0 Å². The van der Waals surface area contributed by atoms with E-state index in [1.54, 1.807) is 6.92 Å². The van der Waals surface area contributed by atoms with Crippen LogP contribution in [-0.4, -0.2) is 68.0 Å². The minimum atomic E-state index is -0.675. The van der Waals surface area contributed by atoms with E-state index in [9.17, 15) is 4.39 Å². The summed E-state index contributed by atoms with van der Waals surface area (Å²) in [6, 6.07) is 0.544. The van der Waals surface area contributed by atoms with Gasteiger partial charge in [0.25, 0.3) is 0 Å². The molecule has 88 valence electrons. The van der Waals surface area contributed by atoms with Crippen LogP contribution in [0.15, 0.2) is 0 Å². The van der Waals surface area contributed by atoms with Crippen molar-refractivity contribution in [1.29, 1.82) is 0 Å². The Bertz CT molecular complexity index is 201. The van der Waals surface area contributed by atoms with Gasteiger partial charge in [-0.15, -0.1) is 0 Å². The molecular formula is C11H21FN2O. The summed E-state index contributed by atoms with van der Waals surface area (Å²) >= 11 is 0. The third-order valence-electron chi connectivity index (χ3n) is 3.36. The number of nitrogens with zero attached hydrogens (tertiary/aromatic N) is 2. The second-order valence-electron chi connectivity index (χ2n) is 4.63. The zero-order valence-electron chi connectivity index (χ0n) is 9.49. The van der Waals surface area contributed by atoms with Crippen molar-refractivity contribution >= 4 is 0 Å². The molecule has 2 fully saturated rings. The maximum absolute atomic E-state index is 12.7. The number of rotatable bonds is 3. The molecule has 2 atom stereocenters. The van der Waals surface area contributed by atoms with Crippen molar-refractivity contribution in [3.8, 4) is 0 Å². The zero-order valence-corrected chi connectivity index (χ0v) is 9.49. The van der Waals surface area contributed by atoms with Gasteiger partial charge in [0.2, 0.25) is 0 Å². The molecule has 0 radical (unpaired) electrons. The van der Waals surface area contributed by atoms with Crippen LogP contribution >= 0.6 is 0 Å². The molecule has 2 aliphatic heterocycles. The molecule has 0 bridgehead atoms. The van der Waals surface area contributed by atoms with Crippen molar-refractivity contribution in [2.45, 2.75) is 25.6 Å². The molecule has 15 heavy (non-hydrogen) atoms. The molecule has 4 heteroatoms. The maximum Gasteiger partial charge on any atom is 0.0985 e. The molecule has 0 aromatic heterocycles. The molecule has 0 unspecified atom stereocenters. The predicted molar refractivity (Wildman–Crippen MR) is 57.8 cm³/mol. The first kappa shape index (κ1) is 11.3. The van der Waals surface area contributed by atoms with Crippen LogP contribution < -0.4 is 0 Å². The van der Waals surface area contributed by atoms with Gasteiger partial charge in [-0.05, 0) is 13.3 Å². The average Bonchev–Trinajstić information content (AvgIpc) is 2.26. The number of hydrogen-bond donors (Lipinski definition) is 0. The van der Waals surface area contributed by atoms with E-state index >= 15 is 0 Å². The van der Waals surface area contributed by atoms with E-state index in [1.165, 1.54) is 0 Å². The molecule has 2 aliphatic rings. The first-order chi connectivity index (χ1) is 7.25. The van der Waals surface area contributed by atoms with Crippen molar-refractivity contribution in [1.82, 2.24) is 9.80 Å². The second-order valence-corrected chi connectivity index (χ2v) is 4.63. The molecule has 0 aromatic rings. The first-order valence-corrected chi connectivity index (χ1v) is 5.94. The highest BCUT2D eigenvalue weighted by Crippen LogP contribution is 2.14. The van der Waals surface area contributed by atoms with Crippen LogP contribution in [0.4, 0.5) is 4.39 Å². The van der Waals surface area contributed by atoms with Gasteiger partial charge in [-0.1, -0.05) is 0 Å². The van der Waals surface area contributed by atoms with Crippen LogP contribution in [0.2, 0.25) is 0 Å². The van der Waals surface area contributed by atoms with Crippen molar-refractivity contribution < 1.29 is 9.13 Å². The molecular weight excluding hydrogens is 195 g/mol. The molecule has 2 saturated heterocycles. The summed E-state index contributed by atoms with van der Waals surface area (Å²) in [6.07, 6.45) is -0.0150. The van der Waals surface area contributed by atoms with Crippen LogP contribution in [0.1, 0.15) is 13.3 Å². The van der Waals surface area contributed by atoms with E-state index in [4.69, 9.17) is 4.74 Å². The number of alkyl halides is 1. The largest absolute Gasteiger partial charge is 0.378 e. The lowest BCUT2D eigenvalue weighted by Crippen LogP contribution is -2.58. The highest BCUT2D eigenvalue weighted by Gasteiger charge is 2.29. The van der Waals surface area contributed by atoms with Gasteiger partial charge >= 0.3 is 0 Å². The number of piperazine rings is 1. The highest BCUT2D eigenvalue weighted by atomic mass is 19.1. The van der Waals surface area contributed by atoms with E-state index in [2.05, 4.69) is 9.80 Å². The van der Waals surface area contributed by atoms with Crippen molar-refractivity contribution in [3.05, 3.63) is 0 Å². The van der Waals surface area contributed by atoms with Crippen LogP contribution in [0, 0.1) is 0 Å². The van der Waals surface area contributed by atoms with Crippen LogP contribution in [0.25, 0.3) is 0 Å². The number of fused-ring (bicyclic) bond motifs is 1. The van der Waals surface area contributed by atoms with Crippen molar-refractivity contribution in [2.24, 2.45) is 0 Å². The molecule has 0 aliphatic carbocycles. The second kappa shape index (κ2) is 5.23. The predicted octanol–water partition coefficient (Wildman–Crippen LogP) is 0.751. The monoisotopic (exact) mass is 216 g/mol. The molecule has 3 nitrogen and oxygen atoms in total. The van der Waals surface area contributed by atoms with E-state index < -0.39 is 6.17 Å². The van der Waals surface area contributed by atoms with Gasteiger partial charge in [0.05, 0.1) is 19.4 Å². The Morgan fingerprint density at radius 3 is 3.07 bits per heavy atom. The quantitative estimate of drug-likeness (QED) is 0.692. The van der Waals surface area contributed by atoms with Gasteiger partial charge in [0, 0.05) is 38.8 Å². The summed E-state index contributed by atoms with van der Waals surface area (Å²) < 4.78 is 18.2. The van der Waals surface area contributed by atoms with Gasteiger partial charge in [0.15, 0.2) is 0 Å². The summed E-state index contributed by atoms with van der Waals surface area (Å²) in [5.41, 5.74) is 0. The molecule has 0 amide bonds. The normalized spacial score (nSPS) is 31.2. The Labute approximate surface area is 91.2 Å². The third-order valence-corrected chi connectivity index (χ3v) is 3.36. The summed E-state index contributed by atoms with van der Waals surface area (Å²) in [6.45, 7) is 8.57. The summed E-state index contributed by atoms with van der Waals surface area (Å²) in [7, 11) is 0. The zero-order chi connectivity index (χ0) is 10.7. The molecule has 0 aromatic carbocycles. The first-order valence-electron chi connectivity index (χ1n) is 5.94. The standard InChI is InChI=1S/C11H21FN2O/c1-10(12)2-3-13-4-5-14-6-7-15-9-11(14)8-13/h10-11H,2-9H2,1H3/t10-,11-/m1/s1. The van der Waals surface area contributed by atoms with Gasteiger partial charge in [-0.25, -0.2) is 4.39 Å². The van der Waals surface area contributed by atoms with Crippen LogP contribution in [0.3, 0.4) is 0 Å². The van der Waals surface area contributed by atoms with Crippen LogP contribution in [0.5, 0.6) is 0 Å². The fourth-order valence-corrected chi connectivity index (χ4v) is 2.37. The van der Waals surface area contributed by atoms with E-state index in [0.29, 0.717) is 12.5 Å². The Morgan fingerprint density at radius 1 is 1.40 bits per heavy atom. The molecule has 2 heterocycles. The number of morpholine rings is 1. The number of halogens is 1. The number of ether oxygens (including phenoxy) is 1. The van der Waals surface area contributed by atoms with Crippen molar-refractivity contribution in [3.63, 3.8) is 0 Å². The lowest BCUT2D eigenvalue weighted by atomic mass is 10.1. The summed E-state index contributed by atoms with van der Waals surface area (Å²) in [5, 5.41) is 0. The fraction of sp³-hybridized carbons (Fsp3) is 1.00. The average molecular weight is 216 g/mol. The Morgan fingerprint density at radius 2 is 2.27 bits per heavy atom. The lowest BCUT2D eigenvalue weighted by Gasteiger charge is -2.43. The van der Waals surface area contributed by atoms with Gasteiger partial charge in [-0.2, -0.15) is 0 Å². The minimum Gasteiger partial charge on any atom is -0.378 e. The highest BCUT2D eigenvalue weighted by molar-refractivity contribution is 4.84. The Balaban J connectivity index is 1.75. The van der Waals surface area contributed by atoms with Crippen molar-refractivity contribution in [2.75, 3.05) is 45.9 Å². The molecule has 2 rings (SSSR count). The smallest absolute Gasteiger partial charge is 0.0985 e. The SMILES string of the molecule is C[C@@H](F)CCN1CCN2CCOC[C@H]2C1. The minimum absolute atomic E-state index is 0.544. The van der Waals surface area contributed by atoms with E-state index in [1.807, 2.05) is 0 Å². The summed E-state index contributed by atoms with van der Waals surface area (Å²) in [4.78, 5) is 4.87. The summed E-state index contributed by atoms with van der Waals surface area (Å²) in [5.74, 6) is 0. The topological polar surface area (TPSA) is 15.7 Å². The Hall–Kier alpha value is -0.190. The van der Waals surface area contributed by atoms with Gasteiger partial charge in [-0.3, -0.25) is 4.90 Å². The number of hydrogen-bond acceptors (Lipinski definition) is 3. The maximum atomic E-state index is 12.7.